The van der Waals surface area contributed by atoms with Crippen molar-refractivity contribution in [1.82, 2.24) is 10.2 Å². The molecule has 0 spiro atoms. The van der Waals surface area contributed by atoms with Gasteiger partial charge in [0.05, 0.1) is 0 Å². The molecule has 3 atom stereocenters. The Balaban J connectivity index is 2.16. The van der Waals surface area contributed by atoms with Crippen LogP contribution in [0.2, 0.25) is 0 Å². The van der Waals surface area contributed by atoms with Crippen molar-refractivity contribution in [3.05, 3.63) is 35.4 Å². The van der Waals surface area contributed by atoms with Crippen molar-refractivity contribution in [2.45, 2.75) is 58.5 Å². The Hall–Kier alpha value is -0.860. The second kappa shape index (κ2) is 7.95. The van der Waals surface area contributed by atoms with Gasteiger partial charge in [0.25, 0.3) is 0 Å². The second-order valence-electron chi connectivity index (χ2n) is 6.69. The van der Waals surface area contributed by atoms with Gasteiger partial charge in [-0.05, 0) is 49.9 Å². The number of nitrogens with one attached hydrogen (secondary N) is 1. The zero-order chi connectivity index (χ0) is 15.2. The topological polar surface area (TPSA) is 15.3 Å². The molecule has 1 aliphatic carbocycles. The van der Waals surface area contributed by atoms with E-state index < -0.39 is 0 Å². The zero-order valence-electron chi connectivity index (χ0n) is 14.2. The number of nitrogens with zero attached hydrogens (tertiary/aromatic N) is 1. The molecule has 0 bridgehead atoms. The van der Waals surface area contributed by atoms with E-state index >= 15 is 0 Å². The molecule has 3 unspecified atom stereocenters. The number of rotatable bonds is 7. The lowest BCUT2D eigenvalue weighted by Crippen LogP contribution is -2.47. The van der Waals surface area contributed by atoms with Crippen LogP contribution in [-0.2, 0) is 6.42 Å². The lowest BCUT2D eigenvalue weighted by Gasteiger charge is -2.40. The molecule has 0 aliphatic heterocycles. The highest BCUT2D eigenvalue weighted by Crippen LogP contribution is 2.33. The monoisotopic (exact) mass is 288 g/mol. The third-order valence-corrected chi connectivity index (χ3v) is 4.96. The van der Waals surface area contributed by atoms with Crippen LogP contribution in [0, 0.1) is 5.92 Å². The van der Waals surface area contributed by atoms with Gasteiger partial charge < -0.3 is 10.2 Å². The van der Waals surface area contributed by atoms with Crippen molar-refractivity contribution >= 4 is 0 Å². The molecule has 0 heterocycles. The summed E-state index contributed by atoms with van der Waals surface area (Å²) >= 11 is 0. The van der Waals surface area contributed by atoms with Gasteiger partial charge in [-0.25, -0.2) is 0 Å². The highest BCUT2D eigenvalue weighted by molar-refractivity contribution is 5.34. The molecule has 21 heavy (non-hydrogen) atoms. The molecule has 1 aliphatic rings. The maximum Gasteiger partial charge on any atom is 0.0480 e. The molecule has 0 fully saturated rings. The number of likely N-dealkylation sites (N-methyl/N-ethyl adjacent to an activating group) is 1. The van der Waals surface area contributed by atoms with Gasteiger partial charge in [0.15, 0.2) is 0 Å². The first-order valence-electron chi connectivity index (χ1n) is 8.68. The van der Waals surface area contributed by atoms with E-state index in [0.29, 0.717) is 12.1 Å². The normalized spacial score (nSPS) is 23.1. The quantitative estimate of drug-likeness (QED) is 0.815. The molecule has 1 aromatic rings. The number of fused-ring (bicyclic) bond motifs is 1. The first kappa shape index (κ1) is 16.5. The van der Waals surface area contributed by atoms with Crippen molar-refractivity contribution in [3.63, 3.8) is 0 Å². The first-order chi connectivity index (χ1) is 10.2. The van der Waals surface area contributed by atoms with Gasteiger partial charge in [-0.1, -0.05) is 51.5 Å². The summed E-state index contributed by atoms with van der Waals surface area (Å²) in [5.41, 5.74) is 3.07. The van der Waals surface area contributed by atoms with Crippen LogP contribution in [0.15, 0.2) is 24.3 Å². The first-order valence-corrected chi connectivity index (χ1v) is 8.68. The largest absolute Gasteiger partial charge is 0.309 e. The fourth-order valence-corrected chi connectivity index (χ4v) is 3.52. The van der Waals surface area contributed by atoms with Crippen molar-refractivity contribution in [3.8, 4) is 0 Å². The zero-order valence-corrected chi connectivity index (χ0v) is 14.2. The van der Waals surface area contributed by atoms with E-state index in [2.05, 4.69) is 62.3 Å². The average molecular weight is 288 g/mol. The minimum atomic E-state index is 0.490. The molecule has 1 N–H and O–H groups in total. The van der Waals surface area contributed by atoms with E-state index in [-0.39, 0.29) is 0 Å². The van der Waals surface area contributed by atoms with E-state index in [0.717, 1.165) is 12.5 Å². The van der Waals surface area contributed by atoms with E-state index in [4.69, 9.17) is 0 Å². The summed E-state index contributed by atoms with van der Waals surface area (Å²) in [7, 11) is 2.31. The van der Waals surface area contributed by atoms with Crippen LogP contribution < -0.4 is 5.32 Å². The molecule has 1 aromatic carbocycles. The predicted octanol–water partition coefficient (Wildman–Crippen LogP) is 4.02. The smallest absolute Gasteiger partial charge is 0.0480 e. The molecule has 0 amide bonds. The van der Waals surface area contributed by atoms with Crippen molar-refractivity contribution in [1.29, 1.82) is 0 Å². The Morgan fingerprint density at radius 1 is 1.29 bits per heavy atom. The standard InChI is InChI=1S/C19H32N2/c1-5-13-20-19-17-10-8-7-9-16(17)11-12-18(19)21(4)14-15(3)6-2/h7-10,15,18-20H,5-6,11-14H2,1-4H3. The van der Waals surface area contributed by atoms with Crippen LogP contribution in [0.25, 0.3) is 0 Å². The van der Waals surface area contributed by atoms with Gasteiger partial charge in [0.2, 0.25) is 0 Å². The summed E-state index contributed by atoms with van der Waals surface area (Å²) in [6.45, 7) is 9.21. The summed E-state index contributed by atoms with van der Waals surface area (Å²) < 4.78 is 0. The summed E-state index contributed by atoms with van der Waals surface area (Å²) in [6, 6.07) is 10.1. The van der Waals surface area contributed by atoms with Crippen LogP contribution in [-0.4, -0.2) is 31.1 Å². The van der Waals surface area contributed by atoms with Gasteiger partial charge in [-0.15, -0.1) is 0 Å². The lowest BCUT2D eigenvalue weighted by atomic mass is 9.83. The Kier molecular flexibility index (Phi) is 6.25. The molecule has 2 nitrogen and oxygen atoms in total. The van der Waals surface area contributed by atoms with E-state index in [1.54, 1.807) is 5.56 Å². The Labute approximate surface area is 130 Å². The van der Waals surface area contributed by atoms with Crippen LogP contribution in [0.5, 0.6) is 0 Å². The minimum absolute atomic E-state index is 0.490. The van der Waals surface area contributed by atoms with Gasteiger partial charge in [0, 0.05) is 18.6 Å². The number of hydrogen-bond donors (Lipinski definition) is 1. The third kappa shape index (κ3) is 4.08. The fraction of sp³-hybridized carbons (Fsp3) is 0.684. The number of aryl methyl sites for hydroxylation is 1. The molecule has 2 heteroatoms. The molecular weight excluding hydrogens is 256 g/mol. The van der Waals surface area contributed by atoms with Crippen LogP contribution in [0.4, 0.5) is 0 Å². The Bertz CT molecular complexity index is 429. The molecule has 0 radical (unpaired) electrons. The third-order valence-electron chi connectivity index (χ3n) is 4.96. The van der Waals surface area contributed by atoms with Crippen molar-refractivity contribution in [2.24, 2.45) is 5.92 Å². The molecular formula is C19H32N2. The molecule has 2 rings (SSSR count). The van der Waals surface area contributed by atoms with E-state index in [1.807, 2.05) is 0 Å². The van der Waals surface area contributed by atoms with Crippen LogP contribution in [0.1, 0.15) is 57.2 Å². The van der Waals surface area contributed by atoms with Crippen molar-refractivity contribution in [2.75, 3.05) is 20.1 Å². The maximum absolute atomic E-state index is 3.81. The van der Waals surface area contributed by atoms with E-state index in [1.165, 1.54) is 37.8 Å². The highest BCUT2D eigenvalue weighted by Gasteiger charge is 2.31. The van der Waals surface area contributed by atoms with Crippen LogP contribution in [0.3, 0.4) is 0 Å². The van der Waals surface area contributed by atoms with E-state index in [9.17, 15) is 0 Å². The van der Waals surface area contributed by atoms with Gasteiger partial charge in [-0.2, -0.15) is 0 Å². The summed E-state index contributed by atoms with van der Waals surface area (Å²) in [5.74, 6) is 0.777. The Morgan fingerprint density at radius 2 is 2.05 bits per heavy atom. The van der Waals surface area contributed by atoms with Gasteiger partial charge in [-0.3, -0.25) is 0 Å². The second-order valence-corrected chi connectivity index (χ2v) is 6.69. The SMILES string of the molecule is CCCNC1c2ccccc2CCC1N(C)CC(C)CC. The van der Waals surface area contributed by atoms with Crippen LogP contribution >= 0.6 is 0 Å². The fourth-order valence-electron chi connectivity index (χ4n) is 3.52. The summed E-state index contributed by atoms with van der Waals surface area (Å²) in [6.07, 6.45) is 4.95. The van der Waals surface area contributed by atoms with Crippen molar-refractivity contribution < 1.29 is 0 Å². The minimum Gasteiger partial charge on any atom is -0.309 e. The summed E-state index contributed by atoms with van der Waals surface area (Å²) in [4.78, 5) is 2.59. The van der Waals surface area contributed by atoms with Gasteiger partial charge >= 0.3 is 0 Å². The number of benzene rings is 1. The molecule has 0 saturated heterocycles. The molecule has 118 valence electrons. The number of hydrogen-bond acceptors (Lipinski definition) is 2. The maximum atomic E-state index is 3.81. The summed E-state index contributed by atoms with van der Waals surface area (Å²) in [5, 5.41) is 3.81. The highest BCUT2D eigenvalue weighted by atomic mass is 15.2. The molecule has 0 saturated carbocycles. The Morgan fingerprint density at radius 3 is 2.76 bits per heavy atom. The van der Waals surface area contributed by atoms with Gasteiger partial charge in [0.1, 0.15) is 0 Å². The molecule has 0 aromatic heterocycles. The predicted molar refractivity (Wildman–Crippen MR) is 91.7 cm³/mol. The average Bonchev–Trinajstić information content (AvgIpc) is 2.52. The lowest BCUT2D eigenvalue weighted by molar-refractivity contribution is 0.152.